The largest absolute Gasteiger partial charge is 1.00 e. The van der Waals surface area contributed by atoms with Gasteiger partial charge in [0.05, 0.1) is 6.61 Å². The molecule has 0 aliphatic heterocycles. The van der Waals surface area contributed by atoms with Gasteiger partial charge in [0.1, 0.15) is 0 Å². The van der Waals surface area contributed by atoms with Crippen LogP contribution in [0.1, 0.15) is 24.0 Å². The van der Waals surface area contributed by atoms with E-state index in [4.69, 9.17) is 4.74 Å². The van der Waals surface area contributed by atoms with Crippen molar-refractivity contribution in [3.63, 3.8) is 0 Å². The molecule has 0 aliphatic rings. The van der Waals surface area contributed by atoms with Crippen molar-refractivity contribution in [1.82, 2.24) is 0 Å². The van der Waals surface area contributed by atoms with Crippen molar-refractivity contribution in [3.05, 3.63) is 35.4 Å². The van der Waals surface area contributed by atoms with Crippen LogP contribution in [-0.4, -0.2) is 13.1 Å². The van der Waals surface area contributed by atoms with E-state index in [9.17, 15) is 9.90 Å². The van der Waals surface area contributed by atoms with Gasteiger partial charge in [0.2, 0.25) is 0 Å². The summed E-state index contributed by atoms with van der Waals surface area (Å²) >= 11 is 0. The Labute approximate surface area is 112 Å². The minimum atomic E-state index is -1.05. The maximum absolute atomic E-state index is 10.6. The van der Waals surface area contributed by atoms with Crippen LogP contribution in [0.2, 0.25) is 0 Å². The Morgan fingerprint density at radius 3 is 2.33 bits per heavy atom. The number of methoxy groups -OCH3 is 1. The normalized spacial score (nSPS) is 11.6. The minimum Gasteiger partial charge on any atom is -0.550 e. The monoisotopic (exact) mass is 216 g/mol. The van der Waals surface area contributed by atoms with Crippen molar-refractivity contribution in [2.45, 2.75) is 19.4 Å². The van der Waals surface area contributed by atoms with Gasteiger partial charge >= 0.3 is 29.6 Å². The fraction of sp³-hybridized carbons (Fsp3) is 0.364. The average molecular weight is 216 g/mol. The van der Waals surface area contributed by atoms with Gasteiger partial charge in [-0.25, -0.2) is 0 Å². The number of hydrogen-bond donors (Lipinski definition) is 0. The third kappa shape index (κ3) is 4.34. The van der Waals surface area contributed by atoms with Crippen molar-refractivity contribution in [2.24, 2.45) is 0 Å². The van der Waals surface area contributed by atoms with E-state index >= 15 is 0 Å². The number of hydrogen-bond acceptors (Lipinski definition) is 3. The summed E-state index contributed by atoms with van der Waals surface area (Å²) in [6.07, 6.45) is 0. The molecule has 0 spiro atoms. The summed E-state index contributed by atoms with van der Waals surface area (Å²) in [7, 11) is 1.62. The van der Waals surface area contributed by atoms with Crippen molar-refractivity contribution in [2.75, 3.05) is 7.11 Å². The van der Waals surface area contributed by atoms with E-state index in [2.05, 4.69) is 0 Å². The number of aliphatic carboxylic acids is 1. The van der Waals surface area contributed by atoms with Crippen LogP contribution in [0.15, 0.2) is 24.3 Å². The van der Waals surface area contributed by atoms with E-state index in [0.717, 1.165) is 11.1 Å². The van der Waals surface area contributed by atoms with Crippen LogP contribution >= 0.6 is 0 Å². The average Bonchev–Trinajstić information content (AvgIpc) is 2.18. The van der Waals surface area contributed by atoms with Crippen molar-refractivity contribution in [3.8, 4) is 0 Å². The second-order valence-electron chi connectivity index (χ2n) is 3.22. The van der Waals surface area contributed by atoms with Gasteiger partial charge in [0.25, 0.3) is 0 Å². The SMILES string of the molecule is COCc1ccc(C(C)C(=O)[O-])cc1.[Na+]. The molecule has 15 heavy (non-hydrogen) atoms. The molecule has 4 heteroatoms. The fourth-order valence-electron chi connectivity index (χ4n) is 1.21. The number of carboxylic acid groups (broad SMARTS) is 1. The molecule has 0 N–H and O–H groups in total. The Kier molecular flexibility index (Phi) is 6.85. The molecular weight excluding hydrogens is 203 g/mol. The number of carbonyl (C=O) groups is 1. The molecule has 1 aromatic carbocycles. The molecule has 0 aliphatic carbocycles. The zero-order chi connectivity index (χ0) is 10.6. The van der Waals surface area contributed by atoms with Gasteiger partial charge in [-0.2, -0.15) is 0 Å². The molecule has 3 nitrogen and oxygen atoms in total. The molecule has 0 radical (unpaired) electrons. The summed E-state index contributed by atoms with van der Waals surface area (Å²) in [5, 5.41) is 10.6. The minimum absolute atomic E-state index is 0. The first-order chi connectivity index (χ1) is 6.65. The van der Waals surface area contributed by atoms with Gasteiger partial charge in [-0.3, -0.25) is 0 Å². The third-order valence-electron chi connectivity index (χ3n) is 2.14. The molecule has 0 bridgehead atoms. The number of carbonyl (C=O) groups excluding carboxylic acids is 1. The second-order valence-corrected chi connectivity index (χ2v) is 3.22. The summed E-state index contributed by atoms with van der Waals surface area (Å²) in [4.78, 5) is 10.6. The Morgan fingerprint density at radius 1 is 1.40 bits per heavy atom. The molecule has 0 heterocycles. The van der Waals surface area contributed by atoms with Gasteiger partial charge in [-0.05, 0) is 11.1 Å². The first kappa shape index (κ1) is 14.6. The molecule has 1 unspecified atom stereocenters. The smallest absolute Gasteiger partial charge is 0.550 e. The molecule has 0 aromatic heterocycles. The molecular formula is C11H13NaO3. The molecule has 0 saturated heterocycles. The summed E-state index contributed by atoms with van der Waals surface area (Å²) < 4.78 is 4.95. The summed E-state index contributed by atoms with van der Waals surface area (Å²) in [5.74, 6) is -1.61. The van der Waals surface area contributed by atoms with Crippen LogP contribution in [0.4, 0.5) is 0 Å². The molecule has 1 atom stereocenters. The molecule has 0 amide bonds. The standard InChI is InChI=1S/C11H14O3.Na/c1-8(11(12)13)10-5-3-9(4-6-10)7-14-2;/h3-6,8H,7H2,1-2H3,(H,12,13);/q;+1/p-1. The maximum atomic E-state index is 10.6. The number of rotatable bonds is 4. The summed E-state index contributed by atoms with van der Waals surface area (Å²) in [6.45, 7) is 2.15. The Morgan fingerprint density at radius 2 is 1.93 bits per heavy atom. The van der Waals surface area contributed by atoms with E-state index in [1.807, 2.05) is 12.1 Å². The number of ether oxygens (including phenoxy) is 1. The Balaban J connectivity index is 0.00000196. The van der Waals surface area contributed by atoms with Crippen molar-refractivity contribution >= 4 is 5.97 Å². The van der Waals surface area contributed by atoms with E-state index in [1.54, 1.807) is 26.2 Å². The van der Waals surface area contributed by atoms with Gasteiger partial charge in [0, 0.05) is 19.0 Å². The van der Waals surface area contributed by atoms with Crippen LogP contribution in [0.5, 0.6) is 0 Å². The molecule has 0 fully saturated rings. The quantitative estimate of drug-likeness (QED) is 0.531. The topological polar surface area (TPSA) is 49.4 Å². The molecule has 1 aromatic rings. The van der Waals surface area contributed by atoms with E-state index in [1.165, 1.54) is 0 Å². The zero-order valence-electron chi connectivity index (χ0n) is 9.32. The van der Waals surface area contributed by atoms with Gasteiger partial charge in [-0.15, -0.1) is 0 Å². The fourth-order valence-corrected chi connectivity index (χ4v) is 1.21. The second kappa shape index (κ2) is 7.01. The summed E-state index contributed by atoms with van der Waals surface area (Å²) in [5.41, 5.74) is 1.78. The predicted molar refractivity (Wildman–Crippen MR) is 50.6 cm³/mol. The third-order valence-corrected chi connectivity index (χ3v) is 2.14. The molecule has 76 valence electrons. The van der Waals surface area contributed by atoms with Crippen LogP contribution in [0.3, 0.4) is 0 Å². The van der Waals surface area contributed by atoms with Crippen molar-refractivity contribution < 1.29 is 44.2 Å². The van der Waals surface area contributed by atoms with E-state index < -0.39 is 11.9 Å². The van der Waals surface area contributed by atoms with Crippen molar-refractivity contribution in [1.29, 1.82) is 0 Å². The first-order valence-corrected chi connectivity index (χ1v) is 4.43. The van der Waals surface area contributed by atoms with Crippen LogP contribution in [0.25, 0.3) is 0 Å². The van der Waals surface area contributed by atoms with Crippen LogP contribution < -0.4 is 34.7 Å². The first-order valence-electron chi connectivity index (χ1n) is 4.43. The van der Waals surface area contributed by atoms with Crippen LogP contribution in [-0.2, 0) is 16.1 Å². The Bertz CT molecular complexity index is 308. The van der Waals surface area contributed by atoms with Crippen LogP contribution in [0, 0.1) is 0 Å². The Hall–Kier alpha value is -0.350. The summed E-state index contributed by atoms with van der Waals surface area (Å²) in [6, 6.07) is 7.29. The van der Waals surface area contributed by atoms with Gasteiger partial charge < -0.3 is 14.6 Å². The number of carboxylic acids is 1. The number of benzene rings is 1. The maximum Gasteiger partial charge on any atom is 1.00 e. The van der Waals surface area contributed by atoms with Gasteiger partial charge in [0.15, 0.2) is 0 Å². The van der Waals surface area contributed by atoms with E-state index in [0.29, 0.717) is 6.61 Å². The van der Waals surface area contributed by atoms with E-state index in [-0.39, 0.29) is 29.6 Å². The zero-order valence-corrected chi connectivity index (χ0v) is 11.3. The predicted octanol–water partition coefficient (Wildman–Crippen LogP) is -2.31. The molecule has 1 rings (SSSR count). The molecule has 0 saturated carbocycles. The van der Waals surface area contributed by atoms with Gasteiger partial charge in [-0.1, -0.05) is 31.2 Å².